The summed E-state index contributed by atoms with van der Waals surface area (Å²) in [6, 6.07) is 7.35. The Hall–Kier alpha value is -1.36. The van der Waals surface area contributed by atoms with Gasteiger partial charge in [0.1, 0.15) is 5.75 Å². The highest BCUT2D eigenvalue weighted by Gasteiger charge is 2.20. The quantitative estimate of drug-likeness (QED) is 0.805. The zero-order valence-electron chi connectivity index (χ0n) is 11.8. The maximum atomic E-state index is 12.4. The van der Waals surface area contributed by atoms with Crippen molar-refractivity contribution in [2.24, 2.45) is 0 Å². The SMILES string of the molecule is COc1ccc(C(=O)CN2CCc3sccc3C2)cc1Cl. The first kappa shape index (κ1) is 14.6. The third kappa shape index (κ3) is 3.12. The van der Waals surface area contributed by atoms with Gasteiger partial charge in [0.15, 0.2) is 5.78 Å². The van der Waals surface area contributed by atoms with Crippen molar-refractivity contribution in [1.82, 2.24) is 4.90 Å². The zero-order valence-corrected chi connectivity index (χ0v) is 13.3. The summed E-state index contributed by atoms with van der Waals surface area (Å²) in [4.78, 5) is 16.0. The number of hydrogen-bond donors (Lipinski definition) is 0. The smallest absolute Gasteiger partial charge is 0.176 e. The third-order valence-corrected chi connectivity index (χ3v) is 5.05. The molecule has 0 aliphatic carbocycles. The number of fused-ring (bicyclic) bond motifs is 1. The van der Waals surface area contributed by atoms with Crippen molar-refractivity contribution < 1.29 is 9.53 Å². The summed E-state index contributed by atoms with van der Waals surface area (Å²) in [5, 5.41) is 2.60. The summed E-state index contributed by atoms with van der Waals surface area (Å²) in [7, 11) is 1.56. The maximum Gasteiger partial charge on any atom is 0.176 e. The van der Waals surface area contributed by atoms with E-state index in [1.807, 2.05) is 0 Å². The molecule has 5 heteroatoms. The molecular weight excluding hydrogens is 306 g/mol. The third-order valence-electron chi connectivity index (χ3n) is 3.73. The molecule has 0 atom stereocenters. The van der Waals surface area contributed by atoms with Gasteiger partial charge in [-0.2, -0.15) is 0 Å². The summed E-state index contributed by atoms with van der Waals surface area (Å²) in [6.07, 6.45) is 1.03. The van der Waals surface area contributed by atoms with Gasteiger partial charge in [0.2, 0.25) is 0 Å². The predicted molar refractivity (Wildman–Crippen MR) is 85.6 cm³/mol. The van der Waals surface area contributed by atoms with Crippen LogP contribution in [-0.4, -0.2) is 30.9 Å². The van der Waals surface area contributed by atoms with E-state index < -0.39 is 0 Å². The van der Waals surface area contributed by atoms with Crippen LogP contribution in [0.5, 0.6) is 5.75 Å². The molecule has 2 aromatic rings. The standard InChI is InChI=1S/C16H16ClNO2S/c1-20-15-3-2-11(8-13(15)17)14(19)10-18-6-4-16-12(9-18)5-7-21-16/h2-3,5,7-8H,4,6,9-10H2,1H3. The Morgan fingerprint density at radius 2 is 2.29 bits per heavy atom. The van der Waals surface area contributed by atoms with E-state index in [1.165, 1.54) is 10.4 Å². The number of rotatable bonds is 4. The lowest BCUT2D eigenvalue weighted by atomic mass is 10.1. The molecule has 1 aromatic heterocycles. The largest absolute Gasteiger partial charge is 0.495 e. The van der Waals surface area contributed by atoms with Crippen LogP contribution in [0.2, 0.25) is 5.02 Å². The number of halogens is 1. The number of ether oxygens (including phenoxy) is 1. The minimum atomic E-state index is 0.0956. The number of carbonyl (C=O) groups is 1. The monoisotopic (exact) mass is 321 g/mol. The topological polar surface area (TPSA) is 29.5 Å². The van der Waals surface area contributed by atoms with Crippen LogP contribution in [0.15, 0.2) is 29.6 Å². The predicted octanol–water partition coefficient (Wildman–Crippen LogP) is 3.65. The van der Waals surface area contributed by atoms with Gasteiger partial charge in [-0.25, -0.2) is 0 Å². The molecule has 1 aromatic carbocycles. The molecule has 0 spiro atoms. The number of ketones is 1. The molecule has 0 radical (unpaired) electrons. The summed E-state index contributed by atoms with van der Waals surface area (Å²) < 4.78 is 5.11. The Kier molecular flexibility index (Phi) is 4.29. The van der Waals surface area contributed by atoms with Crippen LogP contribution in [-0.2, 0) is 13.0 Å². The second-order valence-electron chi connectivity index (χ2n) is 5.10. The number of carbonyl (C=O) groups excluding carboxylic acids is 1. The molecule has 1 aliphatic heterocycles. The van der Waals surface area contributed by atoms with E-state index in [2.05, 4.69) is 16.3 Å². The van der Waals surface area contributed by atoms with E-state index in [1.54, 1.807) is 36.6 Å². The van der Waals surface area contributed by atoms with E-state index >= 15 is 0 Å². The molecule has 0 bridgehead atoms. The fraction of sp³-hybridized carbons (Fsp3) is 0.312. The van der Waals surface area contributed by atoms with Gasteiger partial charge in [0.05, 0.1) is 18.7 Å². The van der Waals surface area contributed by atoms with Crippen molar-refractivity contribution in [3.8, 4) is 5.75 Å². The van der Waals surface area contributed by atoms with Gasteiger partial charge >= 0.3 is 0 Å². The normalized spacial score (nSPS) is 14.8. The molecule has 0 saturated heterocycles. The van der Waals surface area contributed by atoms with Crippen LogP contribution in [0, 0.1) is 0 Å². The van der Waals surface area contributed by atoms with Gasteiger partial charge in [-0.1, -0.05) is 11.6 Å². The van der Waals surface area contributed by atoms with E-state index in [-0.39, 0.29) is 5.78 Å². The number of nitrogens with zero attached hydrogens (tertiary/aromatic N) is 1. The fourth-order valence-electron chi connectivity index (χ4n) is 2.58. The highest BCUT2D eigenvalue weighted by molar-refractivity contribution is 7.10. The molecule has 110 valence electrons. The molecule has 0 saturated carbocycles. The maximum absolute atomic E-state index is 12.4. The average Bonchev–Trinajstić information content (AvgIpc) is 2.94. The van der Waals surface area contributed by atoms with E-state index in [9.17, 15) is 4.79 Å². The van der Waals surface area contributed by atoms with Crippen LogP contribution < -0.4 is 4.74 Å². The lowest BCUT2D eigenvalue weighted by Crippen LogP contribution is -2.34. The molecule has 2 heterocycles. The molecule has 0 N–H and O–H groups in total. The van der Waals surface area contributed by atoms with Gasteiger partial charge in [0.25, 0.3) is 0 Å². The molecule has 3 rings (SSSR count). The minimum Gasteiger partial charge on any atom is -0.495 e. The number of Topliss-reactive ketones (excluding diaryl/α,β-unsaturated/α-hetero) is 1. The Labute approximate surface area is 133 Å². The molecule has 3 nitrogen and oxygen atoms in total. The molecule has 0 amide bonds. The van der Waals surface area contributed by atoms with Crippen molar-refractivity contribution in [1.29, 1.82) is 0 Å². The molecule has 0 unspecified atom stereocenters. The van der Waals surface area contributed by atoms with Crippen LogP contribution in [0.25, 0.3) is 0 Å². The molecule has 1 aliphatic rings. The summed E-state index contributed by atoms with van der Waals surface area (Å²) in [5.74, 6) is 0.687. The first-order chi connectivity index (χ1) is 10.2. The summed E-state index contributed by atoms with van der Waals surface area (Å²) >= 11 is 7.88. The Balaban J connectivity index is 1.68. The van der Waals surface area contributed by atoms with Crippen LogP contribution >= 0.6 is 22.9 Å². The highest BCUT2D eigenvalue weighted by atomic mass is 35.5. The Morgan fingerprint density at radius 1 is 1.43 bits per heavy atom. The number of benzene rings is 1. The van der Waals surface area contributed by atoms with Gasteiger partial charge in [-0.15, -0.1) is 11.3 Å². The van der Waals surface area contributed by atoms with Crippen molar-refractivity contribution in [3.05, 3.63) is 50.7 Å². The van der Waals surface area contributed by atoms with Crippen molar-refractivity contribution in [2.45, 2.75) is 13.0 Å². The second-order valence-corrected chi connectivity index (χ2v) is 6.51. The first-order valence-electron chi connectivity index (χ1n) is 6.81. The highest BCUT2D eigenvalue weighted by Crippen LogP contribution is 2.26. The number of hydrogen-bond acceptors (Lipinski definition) is 4. The minimum absolute atomic E-state index is 0.0956. The average molecular weight is 322 g/mol. The molecular formula is C16H16ClNO2S. The zero-order chi connectivity index (χ0) is 14.8. The Morgan fingerprint density at radius 3 is 3.05 bits per heavy atom. The van der Waals surface area contributed by atoms with Crippen molar-refractivity contribution in [3.63, 3.8) is 0 Å². The van der Waals surface area contributed by atoms with Crippen LogP contribution in [0.4, 0.5) is 0 Å². The second kappa shape index (κ2) is 6.18. The lowest BCUT2D eigenvalue weighted by Gasteiger charge is -2.26. The van der Waals surface area contributed by atoms with E-state index in [4.69, 9.17) is 16.3 Å². The molecule has 0 fully saturated rings. The van der Waals surface area contributed by atoms with E-state index in [0.29, 0.717) is 22.9 Å². The summed E-state index contributed by atoms with van der Waals surface area (Å²) in [6.45, 7) is 2.22. The van der Waals surface area contributed by atoms with Gasteiger partial charge in [-0.3, -0.25) is 9.69 Å². The number of thiophene rings is 1. The Bertz CT molecular complexity index is 668. The number of methoxy groups -OCH3 is 1. The molecule has 21 heavy (non-hydrogen) atoms. The van der Waals surface area contributed by atoms with Gasteiger partial charge in [-0.05, 0) is 41.6 Å². The lowest BCUT2D eigenvalue weighted by molar-refractivity contribution is 0.0922. The van der Waals surface area contributed by atoms with Gasteiger partial charge in [0, 0.05) is 23.5 Å². The van der Waals surface area contributed by atoms with Gasteiger partial charge < -0.3 is 4.74 Å². The van der Waals surface area contributed by atoms with Crippen molar-refractivity contribution in [2.75, 3.05) is 20.2 Å². The fourth-order valence-corrected chi connectivity index (χ4v) is 3.72. The van der Waals surface area contributed by atoms with Crippen LogP contribution in [0.3, 0.4) is 0 Å². The van der Waals surface area contributed by atoms with Crippen molar-refractivity contribution >= 4 is 28.7 Å². The first-order valence-corrected chi connectivity index (χ1v) is 8.07. The van der Waals surface area contributed by atoms with Crippen LogP contribution in [0.1, 0.15) is 20.8 Å². The summed E-state index contributed by atoms with van der Waals surface area (Å²) in [5.41, 5.74) is 1.99. The van der Waals surface area contributed by atoms with E-state index in [0.717, 1.165) is 19.5 Å².